The molecule has 0 saturated carbocycles. The highest BCUT2D eigenvalue weighted by molar-refractivity contribution is 5.85. The zero-order valence-corrected chi connectivity index (χ0v) is 11.4. The van der Waals surface area contributed by atoms with Crippen LogP contribution in [0.25, 0.3) is 0 Å². The predicted molar refractivity (Wildman–Crippen MR) is 72.5 cm³/mol. The molecule has 104 valence electrons. The topological polar surface area (TPSA) is 69.6 Å². The van der Waals surface area contributed by atoms with E-state index in [9.17, 15) is 4.79 Å². The number of likely N-dealkylation sites (tertiary alicyclic amines) is 1. The summed E-state index contributed by atoms with van der Waals surface area (Å²) < 4.78 is 0. The third-order valence-electron chi connectivity index (χ3n) is 3.65. The zero-order chi connectivity index (χ0) is 13.8. The molecule has 1 aromatic rings. The summed E-state index contributed by atoms with van der Waals surface area (Å²) in [5, 5.41) is 16.5. The highest BCUT2D eigenvalue weighted by Gasteiger charge is 2.24. The molecule has 2 rings (SSSR count). The Morgan fingerprint density at radius 3 is 2.89 bits per heavy atom. The number of carbonyl (C=O) groups is 1. The van der Waals surface area contributed by atoms with Gasteiger partial charge in [0.25, 0.3) is 0 Å². The van der Waals surface area contributed by atoms with Gasteiger partial charge in [0.15, 0.2) is 11.5 Å². The summed E-state index contributed by atoms with van der Waals surface area (Å²) in [6.07, 6.45) is 2.45. The number of hydrogen-bond donors (Lipinski definition) is 1. The molecule has 1 fully saturated rings. The second-order valence-electron chi connectivity index (χ2n) is 4.89. The molecule has 0 aromatic carbocycles. The van der Waals surface area contributed by atoms with E-state index in [0.29, 0.717) is 11.9 Å². The molecule has 6 nitrogen and oxygen atoms in total. The van der Waals surface area contributed by atoms with Crippen molar-refractivity contribution in [3.63, 3.8) is 0 Å². The largest absolute Gasteiger partial charge is 0.476 e. The van der Waals surface area contributed by atoms with Gasteiger partial charge in [0.1, 0.15) is 0 Å². The number of aromatic carboxylic acids is 1. The number of likely N-dealkylation sites (N-methyl/N-ethyl adjacent to an activating group) is 2. The molecule has 1 aliphatic rings. The number of nitrogens with zero attached hydrogens (tertiary/aromatic N) is 4. The molecular weight excluding hydrogens is 244 g/mol. The quantitative estimate of drug-likeness (QED) is 0.858. The van der Waals surface area contributed by atoms with Gasteiger partial charge in [-0.15, -0.1) is 10.2 Å². The van der Waals surface area contributed by atoms with E-state index in [1.807, 2.05) is 11.9 Å². The maximum atomic E-state index is 10.7. The van der Waals surface area contributed by atoms with Gasteiger partial charge in [0.2, 0.25) is 0 Å². The lowest BCUT2D eigenvalue weighted by atomic mass is 10.2. The Kier molecular flexibility index (Phi) is 4.31. The lowest BCUT2D eigenvalue weighted by Gasteiger charge is -2.28. The van der Waals surface area contributed by atoms with Crippen LogP contribution in [0.3, 0.4) is 0 Å². The first-order valence-corrected chi connectivity index (χ1v) is 6.64. The van der Waals surface area contributed by atoms with Crippen molar-refractivity contribution in [3.8, 4) is 0 Å². The number of carboxylic acid groups (broad SMARTS) is 1. The average molecular weight is 264 g/mol. The Balaban J connectivity index is 1.99. The first kappa shape index (κ1) is 13.7. The third kappa shape index (κ3) is 3.20. The van der Waals surface area contributed by atoms with Crippen LogP contribution >= 0.6 is 0 Å². The smallest absolute Gasteiger partial charge is 0.356 e. The van der Waals surface area contributed by atoms with Crippen molar-refractivity contribution in [2.45, 2.75) is 25.8 Å². The lowest BCUT2D eigenvalue weighted by molar-refractivity contribution is 0.0689. The van der Waals surface area contributed by atoms with Crippen molar-refractivity contribution in [3.05, 3.63) is 17.8 Å². The molecule has 0 spiro atoms. The van der Waals surface area contributed by atoms with E-state index >= 15 is 0 Å². The summed E-state index contributed by atoms with van der Waals surface area (Å²) in [6.45, 7) is 5.31. The normalized spacial score (nSPS) is 19.6. The molecule has 1 saturated heterocycles. The SMILES string of the molecule is CCN1CCCC1CN(C)c1ccc(C(=O)O)nn1. The Morgan fingerprint density at radius 2 is 2.32 bits per heavy atom. The second kappa shape index (κ2) is 5.97. The van der Waals surface area contributed by atoms with Crippen LogP contribution in [-0.2, 0) is 0 Å². The van der Waals surface area contributed by atoms with Crippen molar-refractivity contribution < 1.29 is 9.90 Å². The Hall–Kier alpha value is -1.69. The minimum absolute atomic E-state index is 0.0202. The Bertz CT molecular complexity index is 435. The number of rotatable bonds is 5. The van der Waals surface area contributed by atoms with Gasteiger partial charge in [0.05, 0.1) is 0 Å². The van der Waals surface area contributed by atoms with Crippen LogP contribution < -0.4 is 4.90 Å². The van der Waals surface area contributed by atoms with Gasteiger partial charge in [-0.1, -0.05) is 6.92 Å². The van der Waals surface area contributed by atoms with Crippen LogP contribution in [-0.4, -0.2) is 58.9 Å². The van der Waals surface area contributed by atoms with E-state index in [1.54, 1.807) is 6.07 Å². The lowest BCUT2D eigenvalue weighted by Crippen LogP contribution is -2.39. The molecule has 2 heterocycles. The maximum Gasteiger partial charge on any atom is 0.356 e. The van der Waals surface area contributed by atoms with E-state index in [-0.39, 0.29) is 5.69 Å². The number of anilines is 1. The average Bonchev–Trinajstić information content (AvgIpc) is 2.86. The van der Waals surface area contributed by atoms with E-state index in [4.69, 9.17) is 5.11 Å². The monoisotopic (exact) mass is 264 g/mol. The maximum absolute atomic E-state index is 10.7. The van der Waals surface area contributed by atoms with Gasteiger partial charge >= 0.3 is 5.97 Å². The summed E-state index contributed by atoms with van der Waals surface area (Å²) in [5.41, 5.74) is -0.0202. The van der Waals surface area contributed by atoms with Crippen molar-refractivity contribution in [1.82, 2.24) is 15.1 Å². The number of hydrogen-bond acceptors (Lipinski definition) is 5. The van der Waals surface area contributed by atoms with Crippen LogP contribution in [0.1, 0.15) is 30.3 Å². The molecule has 1 unspecified atom stereocenters. The van der Waals surface area contributed by atoms with E-state index in [2.05, 4.69) is 22.0 Å². The summed E-state index contributed by atoms with van der Waals surface area (Å²) in [7, 11) is 1.97. The molecule has 1 aromatic heterocycles. The first-order chi connectivity index (χ1) is 9.11. The van der Waals surface area contributed by atoms with Crippen LogP contribution in [0.2, 0.25) is 0 Å². The van der Waals surface area contributed by atoms with Crippen LogP contribution in [0.5, 0.6) is 0 Å². The van der Waals surface area contributed by atoms with Crippen LogP contribution in [0, 0.1) is 0 Å². The molecule has 6 heteroatoms. The third-order valence-corrected chi connectivity index (χ3v) is 3.65. The molecule has 0 aliphatic carbocycles. The highest BCUT2D eigenvalue weighted by Crippen LogP contribution is 2.19. The van der Waals surface area contributed by atoms with E-state index < -0.39 is 5.97 Å². The van der Waals surface area contributed by atoms with Gasteiger partial charge in [-0.25, -0.2) is 4.79 Å². The molecule has 0 bridgehead atoms. The standard InChI is InChI=1S/C13H20N4O2/c1-3-17-8-4-5-10(17)9-16(2)12-7-6-11(13(18)19)14-15-12/h6-7,10H,3-5,8-9H2,1-2H3,(H,18,19). The molecule has 1 aliphatic heterocycles. The molecular formula is C13H20N4O2. The van der Waals surface area contributed by atoms with E-state index in [1.165, 1.54) is 25.5 Å². The molecule has 0 radical (unpaired) electrons. The molecule has 1 atom stereocenters. The van der Waals surface area contributed by atoms with Gasteiger partial charge in [-0.05, 0) is 38.1 Å². The Morgan fingerprint density at radius 1 is 1.53 bits per heavy atom. The fraction of sp³-hybridized carbons (Fsp3) is 0.615. The summed E-state index contributed by atoms with van der Waals surface area (Å²) in [5.74, 6) is -0.331. The fourth-order valence-corrected chi connectivity index (χ4v) is 2.57. The van der Waals surface area contributed by atoms with Gasteiger partial charge in [-0.2, -0.15) is 0 Å². The van der Waals surface area contributed by atoms with Crippen LogP contribution in [0.4, 0.5) is 5.82 Å². The van der Waals surface area contributed by atoms with Crippen molar-refractivity contribution in [2.75, 3.05) is 31.6 Å². The summed E-state index contributed by atoms with van der Waals surface area (Å²) in [6, 6.07) is 3.76. The number of carboxylic acids is 1. The van der Waals surface area contributed by atoms with Crippen LogP contribution in [0.15, 0.2) is 12.1 Å². The van der Waals surface area contributed by atoms with Crippen molar-refractivity contribution in [2.24, 2.45) is 0 Å². The van der Waals surface area contributed by atoms with Gasteiger partial charge in [-0.3, -0.25) is 4.90 Å². The number of aromatic nitrogens is 2. The molecule has 19 heavy (non-hydrogen) atoms. The van der Waals surface area contributed by atoms with E-state index in [0.717, 1.165) is 13.1 Å². The minimum atomic E-state index is -1.05. The predicted octanol–water partition coefficient (Wildman–Crippen LogP) is 1.10. The molecule has 0 amide bonds. The first-order valence-electron chi connectivity index (χ1n) is 6.64. The molecule has 1 N–H and O–H groups in total. The fourth-order valence-electron chi connectivity index (χ4n) is 2.57. The van der Waals surface area contributed by atoms with Crippen molar-refractivity contribution in [1.29, 1.82) is 0 Å². The Labute approximate surface area is 113 Å². The second-order valence-corrected chi connectivity index (χ2v) is 4.89. The van der Waals surface area contributed by atoms with Gasteiger partial charge in [0, 0.05) is 19.6 Å². The van der Waals surface area contributed by atoms with Gasteiger partial charge < -0.3 is 10.0 Å². The summed E-state index contributed by atoms with van der Waals surface area (Å²) >= 11 is 0. The highest BCUT2D eigenvalue weighted by atomic mass is 16.4. The zero-order valence-electron chi connectivity index (χ0n) is 11.4. The summed E-state index contributed by atoms with van der Waals surface area (Å²) in [4.78, 5) is 15.2. The van der Waals surface area contributed by atoms with Crippen molar-refractivity contribution >= 4 is 11.8 Å². The minimum Gasteiger partial charge on any atom is -0.476 e.